The molecule has 0 bridgehead atoms. The van der Waals surface area contributed by atoms with Gasteiger partial charge >= 0.3 is 0 Å². The summed E-state index contributed by atoms with van der Waals surface area (Å²) in [6.45, 7) is 3.06. The van der Waals surface area contributed by atoms with Crippen molar-refractivity contribution in [2.75, 3.05) is 19.6 Å². The lowest BCUT2D eigenvalue weighted by Gasteiger charge is -2.35. The first-order chi connectivity index (χ1) is 9.83. The molecule has 3 heteroatoms. The summed E-state index contributed by atoms with van der Waals surface area (Å²) in [6.07, 6.45) is 5.52. The van der Waals surface area contributed by atoms with E-state index >= 15 is 0 Å². The third-order valence-corrected chi connectivity index (χ3v) is 4.76. The number of benzene rings is 1. The van der Waals surface area contributed by atoms with Gasteiger partial charge in [-0.2, -0.15) is 0 Å². The topological polar surface area (TPSA) is 32.3 Å². The summed E-state index contributed by atoms with van der Waals surface area (Å²) in [5, 5.41) is 3.61. The van der Waals surface area contributed by atoms with Gasteiger partial charge in [-0.15, -0.1) is 0 Å². The van der Waals surface area contributed by atoms with Crippen molar-refractivity contribution in [1.82, 2.24) is 10.2 Å². The molecular weight excluding hydrogens is 248 g/mol. The second-order valence-electron chi connectivity index (χ2n) is 6.08. The molecule has 2 saturated heterocycles. The third kappa shape index (κ3) is 3.21. The highest BCUT2D eigenvalue weighted by Crippen LogP contribution is 2.25. The molecule has 1 amide bonds. The van der Waals surface area contributed by atoms with Gasteiger partial charge < -0.3 is 10.2 Å². The first kappa shape index (κ1) is 13.6. The summed E-state index contributed by atoms with van der Waals surface area (Å²) in [6, 6.07) is 10.8. The van der Waals surface area contributed by atoms with Crippen LogP contribution in [0.2, 0.25) is 0 Å². The Kier molecular flexibility index (Phi) is 4.36. The molecule has 0 saturated carbocycles. The second-order valence-corrected chi connectivity index (χ2v) is 6.08. The van der Waals surface area contributed by atoms with E-state index in [9.17, 15) is 4.79 Å². The molecule has 20 heavy (non-hydrogen) atoms. The molecule has 2 aliphatic heterocycles. The average molecular weight is 272 g/mol. The number of rotatable bonds is 3. The van der Waals surface area contributed by atoms with E-state index in [4.69, 9.17) is 0 Å². The van der Waals surface area contributed by atoms with E-state index in [0.29, 0.717) is 12.5 Å². The molecule has 1 atom stereocenters. The Morgan fingerprint density at radius 2 is 1.90 bits per heavy atom. The number of likely N-dealkylation sites (tertiary alicyclic amines) is 1. The Labute approximate surface area is 121 Å². The predicted molar refractivity (Wildman–Crippen MR) is 80.5 cm³/mol. The van der Waals surface area contributed by atoms with E-state index in [1.165, 1.54) is 19.4 Å². The van der Waals surface area contributed by atoms with Crippen LogP contribution < -0.4 is 5.32 Å². The number of carbonyl (C=O) groups is 1. The zero-order valence-electron chi connectivity index (χ0n) is 12.1. The van der Waals surface area contributed by atoms with Gasteiger partial charge in [0.15, 0.2) is 0 Å². The maximum Gasteiger partial charge on any atom is 0.226 e. The van der Waals surface area contributed by atoms with Crippen molar-refractivity contribution in [2.45, 2.75) is 38.1 Å². The zero-order chi connectivity index (χ0) is 13.8. The monoisotopic (exact) mass is 272 g/mol. The van der Waals surface area contributed by atoms with Crippen LogP contribution >= 0.6 is 0 Å². The van der Waals surface area contributed by atoms with Crippen LogP contribution in [0.3, 0.4) is 0 Å². The number of hydrogen-bond donors (Lipinski definition) is 1. The summed E-state index contributed by atoms with van der Waals surface area (Å²) in [5.74, 6) is 1.06. The summed E-state index contributed by atoms with van der Waals surface area (Å²) in [5.41, 5.74) is 1.12. The lowest BCUT2D eigenvalue weighted by atomic mass is 9.88. The molecule has 0 spiro atoms. The number of hydrogen-bond acceptors (Lipinski definition) is 2. The third-order valence-electron chi connectivity index (χ3n) is 4.76. The maximum atomic E-state index is 12.3. The van der Waals surface area contributed by atoms with Gasteiger partial charge in [0.05, 0.1) is 6.42 Å². The van der Waals surface area contributed by atoms with E-state index in [-0.39, 0.29) is 5.91 Å². The van der Waals surface area contributed by atoms with Crippen LogP contribution in [0.1, 0.15) is 31.2 Å². The first-order valence-corrected chi connectivity index (χ1v) is 7.88. The molecular formula is C17H24N2O. The van der Waals surface area contributed by atoms with E-state index in [2.05, 4.69) is 10.2 Å². The standard InChI is InChI=1S/C17H24N2O/c20-17(13-14-5-2-1-3-6-14)19-11-8-15(9-12-19)16-7-4-10-18-16/h1-3,5-6,15-16,18H,4,7-13H2. The molecule has 2 fully saturated rings. The van der Waals surface area contributed by atoms with Crippen LogP contribution in [0.15, 0.2) is 30.3 Å². The molecule has 2 heterocycles. The van der Waals surface area contributed by atoms with Crippen molar-refractivity contribution in [3.63, 3.8) is 0 Å². The van der Waals surface area contributed by atoms with Crippen LogP contribution in [0.4, 0.5) is 0 Å². The Morgan fingerprint density at radius 1 is 1.15 bits per heavy atom. The summed E-state index contributed by atoms with van der Waals surface area (Å²) in [4.78, 5) is 14.4. The summed E-state index contributed by atoms with van der Waals surface area (Å²) >= 11 is 0. The smallest absolute Gasteiger partial charge is 0.226 e. The zero-order valence-corrected chi connectivity index (χ0v) is 12.1. The van der Waals surface area contributed by atoms with Gasteiger partial charge in [-0.25, -0.2) is 0 Å². The molecule has 2 aliphatic rings. The van der Waals surface area contributed by atoms with Crippen LogP contribution in [0.5, 0.6) is 0 Å². The fourth-order valence-corrected chi connectivity index (χ4v) is 3.55. The summed E-state index contributed by atoms with van der Waals surface area (Å²) < 4.78 is 0. The van der Waals surface area contributed by atoms with E-state index in [1.807, 2.05) is 30.3 Å². The van der Waals surface area contributed by atoms with Crippen LogP contribution in [0, 0.1) is 5.92 Å². The van der Waals surface area contributed by atoms with Crippen LogP contribution in [-0.2, 0) is 11.2 Å². The molecule has 1 unspecified atom stereocenters. The van der Waals surface area contributed by atoms with Gasteiger partial charge in [0, 0.05) is 19.1 Å². The van der Waals surface area contributed by atoms with E-state index < -0.39 is 0 Å². The first-order valence-electron chi connectivity index (χ1n) is 7.88. The van der Waals surface area contributed by atoms with Crippen molar-refractivity contribution in [1.29, 1.82) is 0 Å². The van der Waals surface area contributed by atoms with Gasteiger partial charge in [0.25, 0.3) is 0 Å². The lowest BCUT2D eigenvalue weighted by molar-refractivity contribution is -0.132. The molecule has 1 aromatic rings. The fourth-order valence-electron chi connectivity index (χ4n) is 3.55. The number of carbonyl (C=O) groups excluding carboxylic acids is 1. The van der Waals surface area contributed by atoms with Crippen molar-refractivity contribution in [3.05, 3.63) is 35.9 Å². The van der Waals surface area contributed by atoms with Crippen LogP contribution in [0.25, 0.3) is 0 Å². The Hall–Kier alpha value is -1.35. The molecule has 0 aromatic heterocycles. The fraction of sp³-hybridized carbons (Fsp3) is 0.588. The van der Waals surface area contributed by atoms with Crippen molar-refractivity contribution >= 4 is 5.91 Å². The molecule has 3 rings (SSSR count). The van der Waals surface area contributed by atoms with Crippen molar-refractivity contribution in [2.24, 2.45) is 5.92 Å². The molecule has 3 nitrogen and oxygen atoms in total. The molecule has 0 aliphatic carbocycles. The van der Waals surface area contributed by atoms with Crippen molar-refractivity contribution < 1.29 is 4.79 Å². The number of nitrogens with one attached hydrogen (secondary N) is 1. The predicted octanol–water partition coefficient (Wildman–Crippen LogP) is 2.22. The van der Waals surface area contributed by atoms with Gasteiger partial charge in [-0.1, -0.05) is 30.3 Å². The quantitative estimate of drug-likeness (QED) is 0.915. The SMILES string of the molecule is O=C(Cc1ccccc1)N1CCC(C2CCCN2)CC1. The number of nitrogens with zero attached hydrogens (tertiary/aromatic N) is 1. The average Bonchev–Trinajstić information content (AvgIpc) is 3.03. The lowest BCUT2D eigenvalue weighted by Crippen LogP contribution is -2.43. The maximum absolute atomic E-state index is 12.3. The normalized spacial score (nSPS) is 24.0. The highest BCUT2D eigenvalue weighted by Gasteiger charge is 2.29. The number of amides is 1. The van der Waals surface area contributed by atoms with Gasteiger partial charge in [0.2, 0.25) is 5.91 Å². The molecule has 1 N–H and O–H groups in total. The minimum atomic E-state index is 0.286. The second kappa shape index (κ2) is 6.40. The Bertz CT molecular complexity index is 432. The minimum Gasteiger partial charge on any atom is -0.342 e. The minimum absolute atomic E-state index is 0.286. The van der Waals surface area contributed by atoms with E-state index in [0.717, 1.165) is 37.4 Å². The van der Waals surface area contributed by atoms with Gasteiger partial charge in [-0.3, -0.25) is 4.79 Å². The molecule has 108 valence electrons. The highest BCUT2D eigenvalue weighted by atomic mass is 16.2. The van der Waals surface area contributed by atoms with E-state index in [1.54, 1.807) is 0 Å². The Balaban J connectivity index is 1.49. The van der Waals surface area contributed by atoms with Crippen molar-refractivity contribution in [3.8, 4) is 0 Å². The van der Waals surface area contributed by atoms with Gasteiger partial charge in [-0.05, 0) is 43.7 Å². The number of piperidine rings is 1. The molecule has 0 radical (unpaired) electrons. The largest absolute Gasteiger partial charge is 0.342 e. The molecule has 1 aromatic carbocycles. The van der Waals surface area contributed by atoms with Crippen LogP contribution in [-0.4, -0.2) is 36.5 Å². The highest BCUT2D eigenvalue weighted by molar-refractivity contribution is 5.78. The summed E-state index contributed by atoms with van der Waals surface area (Å²) in [7, 11) is 0. The van der Waals surface area contributed by atoms with Gasteiger partial charge in [0.1, 0.15) is 0 Å². The Morgan fingerprint density at radius 3 is 2.55 bits per heavy atom.